The van der Waals surface area contributed by atoms with E-state index in [4.69, 9.17) is 9.47 Å². The molecule has 2 unspecified atom stereocenters. The molecule has 2 aromatic rings. The zero-order valence-corrected chi connectivity index (χ0v) is 14.8. The topological polar surface area (TPSA) is 110 Å². The first-order valence-electron chi connectivity index (χ1n) is 8.41. The number of rotatable bonds is 2. The molecule has 0 saturated carbocycles. The monoisotopic (exact) mass is 364 g/mol. The Bertz CT molecular complexity index is 1030. The van der Waals surface area contributed by atoms with Crippen molar-refractivity contribution in [1.29, 1.82) is 5.26 Å². The van der Waals surface area contributed by atoms with Gasteiger partial charge in [0.1, 0.15) is 6.04 Å². The van der Waals surface area contributed by atoms with Gasteiger partial charge in [-0.05, 0) is 54.8 Å². The van der Waals surface area contributed by atoms with E-state index in [1.165, 1.54) is 6.07 Å². The van der Waals surface area contributed by atoms with Crippen LogP contribution in [-0.2, 0) is 6.42 Å². The van der Waals surface area contributed by atoms with Crippen LogP contribution in [0.15, 0.2) is 40.6 Å². The van der Waals surface area contributed by atoms with Gasteiger partial charge in [0, 0.05) is 18.1 Å². The van der Waals surface area contributed by atoms with Crippen molar-refractivity contribution in [1.82, 2.24) is 0 Å². The van der Waals surface area contributed by atoms with E-state index < -0.39 is 16.5 Å². The summed E-state index contributed by atoms with van der Waals surface area (Å²) in [5.41, 5.74) is 2.13. The number of aryl methyl sites for hydroxylation is 1. The van der Waals surface area contributed by atoms with Crippen LogP contribution < -0.4 is 9.47 Å². The summed E-state index contributed by atoms with van der Waals surface area (Å²) < 4.78 is 11.0. The van der Waals surface area contributed by atoms with E-state index in [0.717, 1.165) is 16.7 Å². The molecule has 136 valence electrons. The lowest BCUT2D eigenvalue weighted by molar-refractivity contribution is -0.385. The molecule has 2 aliphatic rings. The Balaban J connectivity index is 1.88. The minimum atomic E-state index is -0.993. The van der Waals surface area contributed by atoms with Crippen LogP contribution in [0.5, 0.6) is 11.5 Å². The van der Waals surface area contributed by atoms with E-state index in [2.05, 4.69) is 16.3 Å². The highest BCUT2D eigenvalue weighted by Crippen LogP contribution is 2.43. The highest BCUT2D eigenvalue weighted by molar-refractivity contribution is 5.54. The molecule has 2 heterocycles. The molecule has 27 heavy (non-hydrogen) atoms. The Morgan fingerprint density at radius 2 is 2.04 bits per heavy atom. The van der Waals surface area contributed by atoms with Gasteiger partial charge in [-0.1, -0.05) is 0 Å². The number of ether oxygens (including phenoxy) is 2. The van der Waals surface area contributed by atoms with Crippen LogP contribution in [0, 0.1) is 28.4 Å². The maximum atomic E-state index is 11.1. The van der Waals surface area contributed by atoms with Crippen LogP contribution in [0.4, 0.5) is 5.69 Å². The summed E-state index contributed by atoms with van der Waals surface area (Å²) in [6.45, 7) is 3.57. The molecule has 2 atom stereocenters. The van der Waals surface area contributed by atoms with Crippen molar-refractivity contribution < 1.29 is 14.4 Å². The zero-order chi connectivity index (χ0) is 19.2. The summed E-state index contributed by atoms with van der Waals surface area (Å²) in [5.74, 6) is 1.25. The predicted molar refractivity (Wildman–Crippen MR) is 94.8 cm³/mol. The first-order chi connectivity index (χ1) is 12.9. The zero-order valence-electron chi connectivity index (χ0n) is 14.8. The van der Waals surface area contributed by atoms with E-state index in [1.54, 1.807) is 26.0 Å². The average molecular weight is 364 g/mol. The second-order valence-corrected chi connectivity index (χ2v) is 6.89. The van der Waals surface area contributed by atoms with Gasteiger partial charge in [0.15, 0.2) is 17.0 Å². The highest BCUT2D eigenvalue weighted by atomic mass is 16.7. The number of hydrogen-bond donors (Lipinski definition) is 0. The lowest BCUT2D eigenvalue weighted by atomic mass is 9.88. The number of nitro groups is 1. The Hall–Kier alpha value is -3.47. The van der Waals surface area contributed by atoms with Gasteiger partial charge in [0.05, 0.1) is 11.0 Å². The second kappa shape index (κ2) is 6.06. The van der Waals surface area contributed by atoms with Crippen LogP contribution in [0.1, 0.15) is 35.2 Å². The minimum Gasteiger partial charge on any atom is -0.454 e. The highest BCUT2D eigenvalue weighted by Gasteiger charge is 2.33. The largest absolute Gasteiger partial charge is 0.454 e. The number of nitrogens with zero attached hydrogens (tertiary/aromatic N) is 4. The third-order valence-electron chi connectivity index (χ3n) is 4.83. The Labute approximate surface area is 155 Å². The minimum absolute atomic E-state index is 0.0529. The fourth-order valence-electron chi connectivity index (χ4n) is 3.42. The van der Waals surface area contributed by atoms with Crippen LogP contribution >= 0.6 is 0 Å². The van der Waals surface area contributed by atoms with Crippen LogP contribution in [0.2, 0.25) is 0 Å². The summed E-state index contributed by atoms with van der Waals surface area (Å²) in [6.07, 6.45) is 0.390. The van der Waals surface area contributed by atoms with Crippen molar-refractivity contribution in [3.63, 3.8) is 0 Å². The molecule has 4 rings (SSSR count). The molecule has 0 aromatic heterocycles. The van der Waals surface area contributed by atoms with Crippen LogP contribution in [-0.4, -0.2) is 17.3 Å². The molecule has 8 nitrogen and oxygen atoms in total. The number of nitro benzene ring substituents is 1. The number of benzene rings is 2. The summed E-state index contributed by atoms with van der Waals surface area (Å²) in [7, 11) is 0. The third-order valence-corrected chi connectivity index (χ3v) is 4.83. The molecule has 0 fully saturated rings. The first kappa shape index (κ1) is 17.0. The SMILES string of the molecule is Cc1cc(C2N=NC(C)(C#N)Cc3cc4c(cc32)OCO4)ccc1[N+](=O)[O-]. The average Bonchev–Trinajstić information content (AvgIpc) is 3.03. The van der Waals surface area contributed by atoms with Crippen molar-refractivity contribution >= 4 is 5.69 Å². The van der Waals surface area contributed by atoms with Gasteiger partial charge in [-0.25, -0.2) is 0 Å². The Morgan fingerprint density at radius 3 is 2.70 bits per heavy atom. The van der Waals surface area contributed by atoms with Gasteiger partial charge < -0.3 is 9.47 Å². The summed E-state index contributed by atoms with van der Waals surface area (Å²) in [5, 5.41) is 29.4. The Kier molecular flexibility index (Phi) is 3.81. The smallest absolute Gasteiger partial charge is 0.272 e. The normalized spacial score (nSPS) is 22.6. The van der Waals surface area contributed by atoms with Crippen molar-refractivity contribution in [2.75, 3.05) is 6.79 Å². The van der Waals surface area contributed by atoms with Crippen molar-refractivity contribution in [3.05, 3.63) is 62.7 Å². The first-order valence-corrected chi connectivity index (χ1v) is 8.41. The predicted octanol–water partition coefficient (Wildman–Crippen LogP) is 4.01. The molecular formula is C19H16N4O4. The van der Waals surface area contributed by atoms with E-state index in [1.807, 2.05) is 12.1 Å². The molecule has 0 bridgehead atoms. The molecule has 0 saturated heterocycles. The van der Waals surface area contributed by atoms with Gasteiger partial charge >= 0.3 is 0 Å². The maximum Gasteiger partial charge on any atom is 0.272 e. The molecule has 2 aliphatic heterocycles. The quantitative estimate of drug-likeness (QED) is 0.590. The van der Waals surface area contributed by atoms with Crippen LogP contribution in [0.3, 0.4) is 0 Å². The third kappa shape index (κ3) is 2.87. The molecule has 0 aliphatic carbocycles. The number of fused-ring (bicyclic) bond motifs is 2. The van der Waals surface area contributed by atoms with Gasteiger partial charge in [0.2, 0.25) is 6.79 Å². The summed E-state index contributed by atoms with van der Waals surface area (Å²) in [6, 6.07) is 10.4. The van der Waals surface area contributed by atoms with E-state index in [9.17, 15) is 15.4 Å². The summed E-state index contributed by atoms with van der Waals surface area (Å²) >= 11 is 0. The fourth-order valence-corrected chi connectivity index (χ4v) is 3.42. The van der Waals surface area contributed by atoms with Gasteiger partial charge in [-0.3, -0.25) is 10.1 Å². The molecule has 2 aromatic carbocycles. The number of hydrogen-bond acceptors (Lipinski definition) is 7. The molecule has 0 radical (unpaired) electrons. The fraction of sp³-hybridized carbons (Fsp3) is 0.316. The summed E-state index contributed by atoms with van der Waals surface area (Å²) in [4.78, 5) is 10.7. The lowest BCUT2D eigenvalue weighted by Crippen LogP contribution is -2.21. The van der Waals surface area contributed by atoms with Gasteiger partial charge in [-0.2, -0.15) is 15.5 Å². The van der Waals surface area contributed by atoms with Crippen LogP contribution in [0.25, 0.3) is 0 Å². The van der Waals surface area contributed by atoms with E-state index in [-0.39, 0.29) is 12.5 Å². The number of nitriles is 1. The van der Waals surface area contributed by atoms with E-state index >= 15 is 0 Å². The van der Waals surface area contributed by atoms with Crippen molar-refractivity contribution in [2.45, 2.75) is 31.8 Å². The molecule has 0 N–H and O–H groups in total. The molecule has 0 spiro atoms. The standard InChI is InChI=1S/C19H16N4O4/c1-11-5-12(3-4-15(11)23(24)25)18-14-7-17-16(26-10-27-17)6-13(14)8-19(2,9-20)22-21-18/h3-7,18H,8,10H2,1-2H3. The maximum absolute atomic E-state index is 11.1. The van der Waals surface area contributed by atoms with Gasteiger partial charge in [-0.15, -0.1) is 0 Å². The van der Waals surface area contributed by atoms with E-state index in [0.29, 0.717) is 23.5 Å². The Morgan fingerprint density at radius 1 is 1.30 bits per heavy atom. The van der Waals surface area contributed by atoms with Crippen molar-refractivity contribution in [2.24, 2.45) is 10.2 Å². The number of azo groups is 1. The van der Waals surface area contributed by atoms with Gasteiger partial charge in [0.25, 0.3) is 5.69 Å². The van der Waals surface area contributed by atoms with Crippen molar-refractivity contribution in [3.8, 4) is 17.6 Å². The molecule has 0 amide bonds. The second-order valence-electron chi connectivity index (χ2n) is 6.89. The molecule has 8 heteroatoms. The lowest BCUT2D eigenvalue weighted by Gasteiger charge is -2.16. The molecular weight excluding hydrogens is 348 g/mol.